The van der Waals surface area contributed by atoms with Gasteiger partial charge in [0.2, 0.25) is 5.91 Å². The normalized spacial score (nSPS) is 13.1. The molecule has 1 aliphatic heterocycles. The minimum atomic E-state index is -1.17. The molecule has 0 spiro atoms. The number of aliphatic hydroxyl groups excluding tert-OH is 1. The van der Waals surface area contributed by atoms with Crippen molar-refractivity contribution in [1.82, 2.24) is 14.8 Å². The highest BCUT2D eigenvalue weighted by atomic mass is 35.5. The Balaban J connectivity index is 1.62. The number of halogens is 2. The van der Waals surface area contributed by atoms with Crippen LogP contribution in [-0.2, 0) is 24.7 Å². The summed E-state index contributed by atoms with van der Waals surface area (Å²) in [6.45, 7) is 3.47. The average Bonchev–Trinajstić information content (AvgIpc) is 3.41. The lowest BCUT2D eigenvalue weighted by Gasteiger charge is -2.18. The van der Waals surface area contributed by atoms with Gasteiger partial charge in [-0.15, -0.1) is 0 Å². The summed E-state index contributed by atoms with van der Waals surface area (Å²) in [5, 5.41) is 18.7. The van der Waals surface area contributed by atoms with Crippen molar-refractivity contribution in [2.24, 2.45) is 12.0 Å². The van der Waals surface area contributed by atoms with E-state index in [0.29, 0.717) is 52.8 Å². The first kappa shape index (κ1) is 24.7. The fraction of sp³-hybridized carbons (Fsp3) is 0.250. The lowest BCUT2D eigenvalue weighted by molar-refractivity contribution is -0.111. The van der Waals surface area contributed by atoms with Crippen molar-refractivity contribution >= 4 is 46.2 Å². The Kier molecular flexibility index (Phi) is 7.11. The highest BCUT2D eigenvalue weighted by molar-refractivity contribution is 6.38. The van der Waals surface area contributed by atoms with E-state index in [4.69, 9.17) is 32.7 Å². The van der Waals surface area contributed by atoms with E-state index in [-0.39, 0.29) is 21.5 Å². The van der Waals surface area contributed by atoms with E-state index in [1.54, 1.807) is 30.2 Å². The summed E-state index contributed by atoms with van der Waals surface area (Å²) in [6, 6.07) is 3.39. The predicted molar refractivity (Wildman–Crippen MR) is 134 cm³/mol. The van der Waals surface area contributed by atoms with E-state index < -0.39 is 6.10 Å². The quantitative estimate of drug-likeness (QED) is 0.434. The third-order valence-corrected chi connectivity index (χ3v) is 6.33. The van der Waals surface area contributed by atoms with Gasteiger partial charge >= 0.3 is 0 Å². The number of carbonyl (C=O) groups excluding carboxylic acids is 1. The zero-order valence-electron chi connectivity index (χ0n) is 19.3. The fourth-order valence-electron chi connectivity index (χ4n) is 3.84. The molecule has 0 fully saturated rings. The van der Waals surface area contributed by atoms with Gasteiger partial charge in [-0.05, 0) is 12.1 Å². The van der Waals surface area contributed by atoms with Gasteiger partial charge in [-0.3, -0.25) is 19.5 Å². The molecule has 182 valence electrons. The van der Waals surface area contributed by atoms with Gasteiger partial charge in [-0.2, -0.15) is 5.10 Å². The highest BCUT2D eigenvalue weighted by Crippen LogP contribution is 2.45. The molecule has 0 saturated heterocycles. The lowest BCUT2D eigenvalue weighted by Crippen LogP contribution is -2.14. The highest BCUT2D eigenvalue weighted by Gasteiger charge is 2.29. The van der Waals surface area contributed by atoms with E-state index in [2.05, 4.69) is 27.0 Å². The van der Waals surface area contributed by atoms with Crippen LogP contribution in [0.5, 0.6) is 11.5 Å². The minimum absolute atomic E-state index is 0.188. The number of aromatic nitrogens is 3. The van der Waals surface area contributed by atoms with Crippen LogP contribution in [0.15, 0.2) is 42.2 Å². The Morgan fingerprint density at radius 1 is 1.29 bits per heavy atom. The van der Waals surface area contributed by atoms with Crippen LogP contribution in [0.1, 0.15) is 28.6 Å². The molecule has 0 saturated carbocycles. The van der Waals surface area contributed by atoms with E-state index in [1.165, 1.54) is 20.3 Å². The van der Waals surface area contributed by atoms with Crippen molar-refractivity contribution < 1.29 is 19.4 Å². The SMILES string of the molecule is C=CC(=O)Nc1cn(C)nc1Cc1cc2c(cn1)CC(C(O)c1c(Cl)c(OC)cc(OC)c1Cl)=N2. The molecule has 35 heavy (non-hydrogen) atoms. The molecule has 0 bridgehead atoms. The molecule has 1 unspecified atom stereocenters. The van der Waals surface area contributed by atoms with Crippen molar-refractivity contribution in [3.05, 3.63) is 69.7 Å². The van der Waals surface area contributed by atoms with Gasteiger partial charge in [0.05, 0.1) is 47.0 Å². The monoisotopic (exact) mass is 515 g/mol. The number of ether oxygens (including phenoxy) is 2. The Bertz CT molecular complexity index is 1320. The molecule has 11 heteroatoms. The molecule has 3 heterocycles. The molecule has 3 aromatic rings. The van der Waals surface area contributed by atoms with Gasteiger partial charge in [-0.1, -0.05) is 29.8 Å². The third kappa shape index (κ3) is 4.88. The van der Waals surface area contributed by atoms with Crippen LogP contribution in [0, 0.1) is 0 Å². The summed E-state index contributed by atoms with van der Waals surface area (Å²) in [6.07, 6.45) is 4.20. The van der Waals surface area contributed by atoms with Crippen molar-refractivity contribution in [2.45, 2.75) is 18.9 Å². The van der Waals surface area contributed by atoms with Crippen LogP contribution in [0.3, 0.4) is 0 Å². The van der Waals surface area contributed by atoms with Crippen molar-refractivity contribution in [3.63, 3.8) is 0 Å². The number of fused-ring (bicyclic) bond motifs is 1. The number of benzene rings is 1. The van der Waals surface area contributed by atoms with Gasteiger partial charge in [0.15, 0.2) is 0 Å². The number of amides is 1. The molecule has 2 N–H and O–H groups in total. The van der Waals surface area contributed by atoms with Gasteiger partial charge < -0.3 is 19.9 Å². The number of carbonyl (C=O) groups is 1. The zero-order valence-corrected chi connectivity index (χ0v) is 20.8. The summed E-state index contributed by atoms with van der Waals surface area (Å²) < 4.78 is 12.2. The van der Waals surface area contributed by atoms with E-state index in [0.717, 1.165) is 5.56 Å². The van der Waals surface area contributed by atoms with E-state index >= 15 is 0 Å². The Hall–Kier alpha value is -3.40. The van der Waals surface area contributed by atoms with Crippen LogP contribution in [0.2, 0.25) is 10.0 Å². The summed E-state index contributed by atoms with van der Waals surface area (Å²) >= 11 is 12.9. The molecular formula is C24H23Cl2N5O4. The maximum absolute atomic E-state index is 11.7. The number of rotatable bonds is 8. The number of methoxy groups -OCH3 is 2. The molecule has 1 atom stereocenters. The fourth-order valence-corrected chi connectivity index (χ4v) is 4.54. The minimum Gasteiger partial charge on any atom is -0.495 e. The largest absolute Gasteiger partial charge is 0.495 e. The topological polar surface area (TPSA) is 111 Å². The second kappa shape index (κ2) is 10.1. The van der Waals surface area contributed by atoms with E-state index in [1.807, 2.05) is 6.07 Å². The smallest absolute Gasteiger partial charge is 0.247 e. The van der Waals surface area contributed by atoms with Gasteiger partial charge in [-0.25, -0.2) is 0 Å². The summed E-state index contributed by atoms with van der Waals surface area (Å²) in [5.74, 6) is 0.337. The van der Waals surface area contributed by atoms with Crippen LogP contribution in [0.25, 0.3) is 0 Å². The van der Waals surface area contributed by atoms with Crippen LogP contribution in [0.4, 0.5) is 11.4 Å². The first-order chi connectivity index (χ1) is 16.7. The Morgan fingerprint density at radius 2 is 1.97 bits per heavy atom. The molecule has 9 nitrogen and oxygen atoms in total. The molecule has 0 aliphatic carbocycles. The number of aliphatic imine (C=N–C) groups is 1. The first-order valence-corrected chi connectivity index (χ1v) is 11.3. The van der Waals surface area contributed by atoms with Gasteiger partial charge in [0.25, 0.3) is 0 Å². The number of aliphatic hydroxyl groups is 1. The summed E-state index contributed by atoms with van der Waals surface area (Å²) in [7, 11) is 4.71. The van der Waals surface area contributed by atoms with Crippen molar-refractivity contribution in [3.8, 4) is 11.5 Å². The van der Waals surface area contributed by atoms with Crippen LogP contribution >= 0.6 is 23.2 Å². The number of pyridine rings is 1. The number of nitrogens with one attached hydrogen (secondary N) is 1. The maximum atomic E-state index is 11.7. The maximum Gasteiger partial charge on any atom is 0.247 e. The molecule has 4 rings (SSSR count). The van der Waals surface area contributed by atoms with Crippen molar-refractivity contribution in [2.75, 3.05) is 19.5 Å². The standard InChI is InChI=1S/C24H23Cl2N5O4/c1-5-20(32)29-17-11-31(2)30-15(17)8-13-7-14-12(10-27-13)6-16(28-14)24(33)21-22(25)18(34-3)9-19(35-4)23(21)26/h5,7,9-11,24,33H,1,6,8H2,2-4H3,(H,29,32). The molecule has 0 radical (unpaired) electrons. The molecular weight excluding hydrogens is 493 g/mol. The number of nitrogens with zero attached hydrogens (tertiary/aromatic N) is 4. The van der Waals surface area contributed by atoms with Crippen molar-refractivity contribution in [1.29, 1.82) is 0 Å². The number of hydrogen-bond donors (Lipinski definition) is 2. The summed E-state index contributed by atoms with van der Waals surface area (Å²) in [4.78, 5) is 20.9. The second-order valence-corrected chi connectivity index (χ2v) is 8.60. The zero-order chi connectivity index (χ0) is 25.3. The number of anilines is 1. The molecule has 1 amide bonds. The third-order valence-electron chi connectivity index (χ3n) is 5.55. The molecule has 1 aliphatic rings. The lowest BCUT2D eigenvalue weighted by atomic mass is 10.0. The summed E-state index contributed by atoms with van der Waals surface area (Å²) in [5.41, 5.74) is 4.20. The van der Waals surface area contributed by atoms with E-state index in [9.17, 15) is 9.90 Å². The first-order valence-electron chi connectivity index (χ1n) is 10.5. The van der Waals surface area contributed by atoms with Gasteiger partial charge in [0, 0.05) is 55.2 Å². The molecule has 2 aromatic heterocycles. The number of aryl methyl sites for hydroxylation is 1. The average molecular weight is 516 g/mol. The second-order valence-electron chi connectivity index (χ2n) is 7.84. The van der Waals surface area contributed by atoms with Crippen LogP contribution in [-0.4, -0.2) is 45.7 Å². The molecule has 1 aromatic carbocycles. The van der Waals surface area contributed by atoms with Gasteiger partial charge in [0.1, 0.15) is 17.6 Å². The predicted octanol–water partition coefficient (Wildman–Crippen LogP) is 4.22. The Morgan fingerprint density at radius 3 is 2.60 bits per heavy atom. The number of hydrogen-bond acceptors (Lipinski definition) is 7. The van der Waals surface area contributed by atoms with Crippen LogP contribution < -0.4 is 14.8 Å². The Labute approximate surface area is 212 Å².